The highest BCUT2D eigenvalue weighted by molar-refractivity contribution is 14.0. The van der Waals surface area contributed by atoms with Crippen LogP contribution in [0.15, 0.2) is 72.2 Å². The first-order valence-corrected chi connectivity index (χ1v) is 8.90. The van der Waals surface area contributed by atoms with Gasteiger partial charge in [0.05, 0.1) is 18.6 Å². The van der Waals surface area contributed by atoms with Gasteiger partial charge in [-0.1, -0.05) is 48.0 Å². The minimum absolute atomic E-state index is 0. The summed E-state index contributed by atoms with van der Waals surface area (Å²) in [7, 11) is 0. The fraction of sp³-hybridized carbons (Fsp3) is 0.238. The highest BCUT2D eigenvalue weighted by Crippen LogP contribution is 2.13. The van der Waals surface area contributed by atoms with E-state index in [1.807, 2.05) is 29.2 Å². The number of guanidine groups is 1. The van der Waals surface area contributed by atoms with Gasteiger partial charge < -0.3 is 15.2 Å². The summed E-state index contributed by atoms with van der Waals surface area (Å²) < 4.78 is 2.02. The van der Waals surface area contributed by atoms with E-state index in [0.717, 1.165) is 18.2 Å². The molecule has 0 aliphatic heterocycles. The van der Waals surface area contributed by atoms with Crippen LogP contribution in [0.3, 0.4) is 0 Å². The van der Waals surface area contributed by atoms with Gasteiger partial charge in [0.25, 0.3) is 0 Å². The smallest absolute Gasteiger partial charge is 0.191 e. The Bertz CT molecular complexity index is 841. The van der Waals surface area contributed by atoms with Crippen molar-refractivity contribution in [2.45, 2.75) is 26.9 Å². The van der Waals surface area contributed by atoms with E-state index in [0.29, 0.717) is 13.1 Å². The van der Waals surface area contributed by atoms with Gasteiger partial charge in [-0.3, -0.25) is 0 Å². The van der Waals surface area contributed by atoms with Crippen LogP contribution in [0.2, 0.25) is 0 Å². The van der Waals surface area contributed by atoms with Gasteiger partial charge in [-0.25, -0.2) is 9.98 Å². The Morgan fingerprint density at radius 3 is 2.56 bits per heavy atom. The lowest BCUT2D eigenvalue weighted by Crippen LogP contribution is -2.37. The Morgan fingerprint density at radius 2 is 1.85 bits per heavy atom. The fourth-order valence-corrected chi connectivity index (χ4v) is 2.70. The first kappa shape index (κ1) is 21.0. The number of aryl methyl sites for hydroxylation is 1. The molecular formula is C21H26IN5. The molecule has 0 fully saturated rings. The number of nitrogens with zero attached hydrogens (tertiary/aromatic N) is 3. The summed E-state index contributed by atoms with van der Waals surface area (Å²) in [6.45, 7) is 6.33. The number of rotatable bonds is 6. The molecule has 2 N–H and O–H groups in total. The van der Waals surface area contributed by atoms with Gasteiger partial charge in [0.2, 0.25) is 0 Å². The summed E-state index contributed by atoms with van der Waals surface area (Å²) >= 11 is 0. The van der Waals surface area contributed by atoms with Crippen LogP contribution in [0.5, 0.6) is 0 Å². The average molecular weight is 475 g/mol. The Kier molecular flexibility index (Phi) is 8.32. The van der Waals surface area contributed by atoms with Crippen LogP contribution in [0.4, 0.5) is 0 Å². The van der Waals surface area contributed by atoms with E-state index in [4.69, 9.17) is 4.99 Å². The standard InChI is InChI=1S/C21H25N5.HI/c1-3-23-21(24-14-18-10-8-17(2)9-11-18)25-15-19-6-4-5-7-20(19)26-13-12-22-16-26;/h4-13,16H,3,14-15H2,1-2H3,(H2,23,24,25);1H. The lowest BCUT2D eigenvalue weighted by atomic mass is 10.1. The van der Waals surface area contributed by atoms with E-state index in [2.05, 4.69) is 65.9 Å². The largest absolute Gasteiger partial charge is 0.357 e. The summed E-state index contributed by atoms with van der Waals surface area (Å²) in [6.07, 6.45) is 5.56. The third-order valence-corrected chi connectivity index (χ3v) is 4.11. The van der Waals surface area contributed by atoms with Gasteiger partial charge in [-0.2, -0.15) is 0 Å². The zero-order chi connectivity index (χ0) is 18.2. The van der Waals surface area contributed by atoms with E-state index < -0.39 is 0 Å². The molecule has 0 amide bonds. The van der Waals surface area contributed by atoms with E-state index in [1.165, 1.54) is 16.7 Å². The maximum atomic E-state index is 4.70. The molecule has 27 heavy (non-hydrogen) atoms. The molecule has 2 aromatic carbocycles. The summed E-state index contributed by atoms with van der Waals surface area (Å²) in [6, 6.07) is 16.8. The maximum absolute atomic E-state index is 4.70. The highest BCUT2D eigenvalue weighted by atomic mass is 127. The maximum Gasteiger partial charge on any atom is 0.191 e. The van der Waals surface area contributed by atoms with Gasteiger partial charge in [0.1, 0.15) is 0 Å². The fourth-order valence-electron chi connectivity index (χ4n) is 2.70. The Hall–Kier alpha value is -2.35. The molecule has 0 unspecified atom stereocenters. The second-order valence-corrected chi connectivity index (χ2v) is 6.13. The lowest BCUT2D eigenvalue weighted by molar-refractivity contribution is 0.810. The predicted octanol–water partition coefficient (Wildman–Crippen LogP) is 4.05. The number of benzene rings is 2. The minimum atomic E-state index is 0. The summed E-state index contributed by atoms with van der Waals surface area (Å²) in [5, 5.41) is 6.73. The predicted molar refractivity (Wildman–Crippen MR) is 122 cm³/mol. The summed E-state index contributed by atoms with van der Waals surface area (Å²) in [5.74, 6) is 0.813. The third kappa shape index (κ3) is 6.09. The number of aliphatic imine (C=N–C) groups is 1. The Labute approximate surface area is 178 Å². The molecule has 0 aliphatic carbocycles. The van der Waals surface area contributed by atoms with Crippen molar-refractivity contribution in [2.24, 2.45) is 4.99 Å². The van der Waals surface area contributed by atoms with Gasteiger partial charge in [0, 0.05) is 25.5 Å². The quantitative estimate of drug-likeness (QED) is 0.321. The molecule has 3 aromatic rings. The van der Waals surface area contributed by atoms with Crippen LogP contribution in [0.25, 0.3) is 5.69 Å². The zero-order valence-corrected chi connectivity index (χ0v) is 18.1. The molecule has 1 heterocycles. The van der Waals surface area contributed by atoms with Crippen molar-refractivity contribution in [1.29, 1.82) is 0 Å². The second-order valence-electron chi connectivity index (χ2n) is 6.13. The van der Waals surface area contributed by atoms with Crippen LogP contribution in [0, 0.1) is 6.92 Å². The van der Waals surface area contributed by atoms with Crippen LogP contribution < -0.4 is 10.6 Å². The minimum Gasteiger partial charge on any atom is -0.357 e. The normalized spacial score (nSPS) is 11.0. The van der Waals surface area contributed by atoms with Crippen molar-refractivity contribution in [3.05, 3.63) is 83.9 Å². The van der Waals surface area contributed by atoms with E-state index >= 15 is 0 Å². The van der Waals surface area contributed by atoms with Crippen molar-refractivity contribution in [3.8, 4) is 5.69 Å². The van der Waals surface area contributed by atoms with Gasteiger partial charge in [0.15, 0.2) is 5.96 Å². The number of nitrogens with one attached hydrogen (secondary N) is 2. The van der Waals surface area contributed by atoms with Crippen LogP contribution >= 0.6 is 24.0 Å². The van der Waals surface area contributed by atoms with Crippen LogP contribution in [-0.4, -0.2) is 22.1 Å². The topological polar surface area (TPSA) is 54.2 Å². The Morgan fingerprint density at radius 1 is 1.07 bits per heavy atom. The number of para-hydroxylation sites is 1. The molecule has 0 spiro atoms. The Balaban J connectivity index is 0.00000261. The molecule has 142 valence electrons. The van der Waals surface area contributed by atoms with E-state index in [1.54, 1.807) is 6.20 Å². The molecule has 6 heteroatoms. The van der Waals surface area contributed by atoms with Crippen molar-refractivity contribution >= 4 is 29.9 Å². The number of hydrogen-bond donors (Lipinski definition) is 2. The molecule has 0 radical (unpaired) electrons. The molecule has 5 nitrogen and oxygen atoms in total. The zero-order valence-electron chi connectivity index (χ0n) is 15.7. The van der Waals surface area contributed by atoms with Crippen molar-refractivity contribution in [2.75, 3.05) is 6.54 Å². The van der Waals surface area contributed by atoms with E-state index in [9.17, 15) is 0 Å². The number of hydrogen-bond acceptors (Lipinski definition) is 2. The van der Waals surface area contributed by atoms with Crippen LogP contribution in [0.1, 0.15) is 23.6 Å². The first-order valence-electron chi connectivity index (χ1n) is 8.90. The molecule has 1 aromatic heterocycles. The monoisotopic (exact) mass is 475 g/mol. The molecule has 0 aliphatic rings. The van der Waals surface area contributed by atoms with Crippen LogP contribution in [-0.2, 0) is 13.1 Å². The van der Waals surface area contributed by atoms with E-state index in [-0.39, 0.29) is 24.0 Å². The summed E-state index contributed by atoms with van der Waals surface area (Å²) in [4.78, 5) is 8.84. The first-order chi connectivity index (χ1) is 12.8. The molecule has 0 saturated carbocycles. The van der Waals surface area contributed by atoms with Gasteiger partial charge in [-0.15, -0.1) is 24.0 Å². The second kappa shape index (κ2) is 10.7. The highest BCUT2D eigenvalue weighted by Gasteiger charge is 2.05. The third-order valence-electron chi connectivity index (χ3n) is 4.11. The molecule has 3 rings (SSSR count). The van der Waals surface area contributed by atoms with Crippen molar-refractivity contribution in [3.63, 3.8) is 0 Å². The number of halogens is 1. The van der Waals surface area contributed by atoms with Crippen molar-refractivity contribution < 1.29 is 0 Å². The summed E-state index contributed by atoms with van der Waals surface area (Å²) in [5.41, 5.74) is 4.77. The lowest BCUT2D eigenvalue weighted by Gasteiger charge is -2.14. The molecule has 0 bridgehead atoms. The average Bonchev–Trinajstić information content (AvgIpc) is 3.20. The molecule has 0 atom stereocenters. The SMILES string of the molecule is CCNC(=NCc1ccc(C)cc1)NCc1ccccc1-n1ccnc1.I. The molecular weight excluding hydrogens is 449 g/mol. The molecule has 0 saturated heterocycles. The van der Waals surface area contributed by atoms with Crippen molar-refractivity contribution in [1.82, 2.24) is 20.2 Å². The van der Waals surface area contributed by atoms with Gasteiger partial charge in [-0.05, 0) is 31.0 Å². The van der Waals surface area contributed by atoms with Gasteiger partial charge >= 0.3 is 0 Å². The number of imidazole rings is 1. The number of aromatic nitrogens is 2.